The molecule has 0 aliphatic heterocycles. The van der Waals surface area contributed by atoms with Gasteiger partial charge in [0.1, 0.15) is 16.3 Å². The molecule has 0 bridgehead atoms. The number of ether oxygens (including phenoxy) is 2. The first kappa shape index (κ1) is 19.0. The third kappa shape index (κ3) is 3.95. The van der Waals surface area contributed by atoms with E-state index >= 15 is 0 Å². The molecule has 148 valence electrons. The van der Waals surface area contributed by atoms with E-state index in [1.165, 1.54) is 16.9 Å². The Morgan fingerprint density at radius 1 is 1.07 bits per heavy atom. The van der Waals surface area contributed by atoms with Crippen molar-refractivity contribution in [3.8, 4) is 11.5 Å². The molecule has 1 N–H and O–H groups in total. The van der Waals surface area contributed by atoms with Gasteiger partial charge in [-0.2, -0.15) is 5.10 Å². The monoisotopic (exact) mass is 407 g/mol. The van der Waals surface area contributed by atoms with Gasteiger partial charge < -0.3 is 14.8 Å². The minimum Gasteiger partial charge on any atom is -0.497 e. The minimum absolute atomic E-state index is 0.174. The molecule has 0 saturated carbocycles. The number of hydrogen-bond donors (Lipinski definition) is 1. The van der Waals surface area contributed by atoms with Gasteiger partial charge in [-0.1, -0.05) is 30.3 Å². The lowest BCUT2D eigenvalue weighted by Gasteiger charge is -2.09. The van der Waals surface area contributed by atoms with E-state index in [4.69, 9.17) is 9.47 Å². The van der Waals surface area contributed by atoms with Crippen LogP contribution in [0.5, 0.6) is 11.5 Å². The first-order valence-electron chi connectivity index (χ1n) is 9.12. The van der Waals surface area contributed by atoms with E-state index < -0.39 is 0 Å². The fraction of sp³-hybridized carbons (Fsp3) is 0.182. The summed E-state index contributed by atoms with van der Waals surface area (Å²) in [6, 6.07) is 17.3. The summed E-state index contributed by atoms with van der Waals surface area (Å²) in [5.74, 6) is 1.06. The molecule has 29 heavy (non-hydrogen) atoms. The molecule has 7 heteroatoms. The zero-order chi connectivity index (χ0) is 20.4. The number of nitrogens with zero attached hydrogens (tertiary/aromatic N) is 2. The Bertz CT molecular complexity index is 1140. The van der Waals surface area contributed by atoms with Crippen molar-refractivity contribution in [1.29, 1.82) is 0 Å². The van der Waals surface area contributed by atoms with Gasteiger partial charge in [-0.25, -0.2) is 0 Å². The highest BCUT2D eigenvalue weighted by molar-refractivity contribution is 7.20. The number of carbonyl (C=O) groups excluding carboxylic acids is 1. The molecule has 0 radical (unpaired) electrons. The molecule has 2 aromatic heterocycles. The first-order valence-corrected chi connectivity index (χ1v) is 9.94. The number of thiophene rings is 1. The largest absolute Gasteiger partial charge is 0.497 e. The zero-order valence-corrected chi connectivity index (χ0v) is 17.2. The molecule has 0 fully saturated rings. The number of fused-ring (bicyclic) bond motifs is 1. The van der Waals surface area contributed by atoms with Gasteiger partial charge in [-0.05, 0) is 18.6 Å². The fourth-order valence-electron chi connectivity index (χ4n) is 3.16. The highest BCUT2D eigenvalue weighted by Gasteiger charge is 2.17. The van der Waals surface area contributed by atoms with E-state index in [0.717, 1.165) is 15.9 Å². The number of aromatic nitrogens is 2. The third-order valence-corrected chi connectivity index (χ3v) is 5.76. The molecule has 0 aliphatic carbocycles. The van der Waals surface area contributed by atoms with Crippen LogP contribution in [0, 0.1) is 6.92 Å². The van der Waals surface area contributed by atoms with Crippen molar-refractivity contribution in [2.75, 3.05) is 19.5 Å². The van der Waals surface area contributed by atoms with Crippen LogP contribution >= 0.6 is 11.3 Å². The first-order chi connectivity index (χ1) is 14.1. The summed E-state index contributed by atoms with van der Waals surface area (Å²) in [6.45, 7) is 2.63. The summed E-state index contributed by atoms with van der Waals surface area (Å²) in [5.41, 5.74) is 2.69. The standard InChI is InChI=1S/C22H21N3O3S/c1-14-19-12-20(21(26)23-16-9-17(27-2)11-18(10-16)28-3)29-22(19)25(24-14)13-15-7-5-4-6-8-15/h4-12H,13H2,1-3H3,(H,23,26). The minimum atomic E-state index is -0.174. The van der Waals surface area contributed by atoms with Crippen LogP contribution in [0.3, 0.4) is 0 Å². The van der Waals surface area contributed by atoms with Gasteiger partial charge in [0.25, 0.3) is 5.91 Å². The molecule has 0 atom stereocenters. The molecule has 4 aromatic rings. The van der Waals surface area contributed by atoms with Crippen LogP contribution in [0.4, 0.5) is 5.69 Å². The predicted octanol–water partition coefficient (Wildman–Crippen LogP) is 4.72. The summed E-state index contributed by atoms with van der Waals surface area (Å²) < 4.78 is 12.5. The molecule has 0 saturated heterocycles. The van der Waals surface area contributed by atoms with Crippen molar-refractivity contribution in [2.45, 2.75) is 13.5 Å². The highest BCUT2D eigenvalue weighted by Crippen LogP contribution is 2.31. The lowest BCUT2D eigenvalue weighted by atomic mass is 10.2. The lowest BCUT2D eigenvalue weighted by Crippen LogP contribution is -2.10. The Kier molecular flexibility index (Phi) is 5.22. The number of nitrogens with one attached hydrogen (secondary N) is 1. The van der Waals surface area contributed by atoms with Gasteiger partial charge in [0, 0.05) is 29.3 Å². The van der Waals surface area contributed by atoms with Crippen molar-refractivity contribution in [2.24, 2.45) is 0 Å². The van der Waals surface area contributed by atoms with Crippen LogP contribution in [0.25, 0.3) is 10.2 Å². The van der Waals surface area contributed by atoms with Crippen LogP contribution in [-0.2, 0) is 6.54 Å². The molecule has 1 amide bonds. The van der Waals surface area contributed by atoms with E-state index in [9.17, 15) is 4.79 Å². The van der Waals surface area contributed by atoms with Crippen molar-refractivity contribution in [3.63, 3.8) is 0 Å². The predicted molar refractivity (Wildman–Crippen MR) is 115 cm³/mol. The average molecular weight is 407 g/mol. The Labute approximate surface area is 172 Å². The normalized spacial score (nSPS) is 10.9. The second kappa shape index (κ2) is 7.97. The second-order valence-corrected chi connectivity index (χ2v) is 7.64. The van der Waals surface area contributed by atoms with Crippen molar-refractivity contribution in [3.05, 3.63) is 70.7 Å². The topological polar surface area (TPSA) is 65.4 Å². The van der Waals surface area contributed by atoms with Gasteiger partial charge in [0.15, 0.2) is 0 Å². The average Bonchev–Trinajstić information content (AvgIpc) is 3.30. The summed E-state index contributed by atoms with van der Waals surface area (Å²) in [5, 5.41) is 8.57. The van der Waals surface area contributed by atoms with E-state index in [-0.39, 0.29) is 5.91 Å². The fourth-order valence-corrected chi connectivity index (χ4v) is 4.22. The van der Waals surface area contributed by atoms with E-state index in [1.54, 1.807) is 32.4 Å². The number of aryl methyl sites for hydroxylation is 1. The number of rotatable bonds is 6. The van der Waals surface area contributed by atoms with Crippen molar-refractivity contribution < 1.29 is 14.3 Å². The highest BCUT2D eigenvalue weighted by atomic mass is 32.1. The number of carbonyl (C=O) groups is 1. The Balaban J connectivity index is 1.61. The van der Waals surface area contributed by atoms with Gasteiger partial charge in [0.05, 0.1) is 31.3 Å². The van der Waals surface area contributed by atoms with Gasteiger partial charge in [-0.15, -0.1) is 11.3 Å². The summed E-state index contributed by atoms with van der Waals surface area (Å²) >= 11 is 1.44. The lowest BCUT2D eigenvalue weighted by molar-refractivity contribution is 0.103. The third-order valence-electron chi connectivity index (χ3n) is 4.62. The van der Waals surface area contributed by atoms with Gasteiger partial charge >= 0.3 is 0 Å². The Morgan fingerprint density at radius 2 is 1.76 bits per heavy atom. The molecule has 6 nitrogen and oxygen atoms in total. The summed E-state index contributed by atoms with van der Waals surface area (Å²) in [4.78, 5) is 14.5. The molecule has 4 rings (SSSR count). The van der Waals surface area contributed by atoms with E-state index in [2.05, 4.69) is 22.5 Å². The Hall–Kier alpha value is -3.32. The molecule has 0 spiro atoms. The molecule has 0 aliphatic rings. The van der Waals surface area contributed by atoms with Crippen molar-refractivity contribution >= 4 is 33.1 Å². The SMILES string of the molecule is COc1cc(NC(=O)c2cc3c(C)nn(Cc4ccccc4)c3s2)cc(OC)c1. The maximum Gasteiger partial charge on any atom is 0.265 e. The number of amides is 1. The van der Waals surface area contributed by atoms with E-state index in [0.29, 0.717) is 28.6 Å². The Morgan fingerprint density at radius 3 is 2.41 bits per heavy atom. The van der Waals surface area contributed by atoms with Crippen LogP contribution in [0.2, 0.25) is 0 Å². The smallest absolute Gasteiger partial charge is 0.265 e. The zero-order valence-electron chi connectivity index (χ0n) is 16.4. The molecule has 2 aromatic carbocycles. The molecule has 2 heterocycles. The van der Waals surface area contributed by atoms with Gasteiger partial charge in [0.2, 0.25) is 0 Å². The molecular weight excluding hydrogens is 386 g/mol. The van der Waals surface area contributed by atoms with E-state index in [1.807, 2.05) is 35.9 Å². The molecule has 0 unspecified atom stereocenters. The number of anilines is 1. The second-order valence-electron chi connectivity index (χ2n) is 6.61. The number of benzene rings is 2. The summed E-state index contributed by atoms with van der Waals surface area (Å²) in [6.07, 6.45) is 0. The number of hydrogen-bond acceptors (Lipinski definition) is 5. The summed E-state index contributed by atoms with van der Waals surface area (Å²) in [7, 11) is 3.15. The quantitative estimate of drug-likeness (QED) is 0.502. The van der Waals surface area contributed by atoms with Crippen molar-refractivity contribution in [1.82, 2.24) is 9.78 Å². The molecular formula is C22H21N3O3S. The van der Waals surface area contributed by atoms with Gasteiger partial charge in [-0.3, -0.25) is 9.48 Å². The maximum absolute atomic E-state index is 12.8. The number of methoxy groups -OCH3 is 2. The van der Waals surface area contributed by atoms with Crippen LogP contribution in [0.1, 0.15) is 20.9 Å². The van der Waals surface area contributed by atoms with Crippen LogP contribution in [0.15, 0.2) is 54.6 Å². The maximum atomic E-state index is 12.8. The van der Waals surface area contributed by atoms with Crippen LogP contribution in [-0.4, -0.2) is 29.9 Å². The van der Waals surface area contributed by atoms with Crippen LogP contribution < -0.4 is 14.8 Å².